The Balaban J connectivity index is 1.67. The van der Waals surface area contributed by atoms with Gasteiger partial charge in [0.1, 0.15) is 5.75 Å². The second kappa shape index (κ2) is 8.96. The van der Waals surface area contributed by atoms with Crippen LogP contribution in [0.4, 0.5) is 17.1 Å². The molecule has 3 rings (SSSR count). The van der Waals surface area contributed by atoms with Crippen molar-refractivity contribution >= 4 is 40.5 Å². The van der Waals surface area contributed by atoms with E-state index in [4.69, 9.17) is 16.3 Å². The summed E-state index contributed by atoms with van der Waals surface area (Å²) in [5.74, 6) is 0.219. The zero-order chi connectivity index (χ0) is 21.9. The third-order valence-electron chi connectivity index (χ3n) is 5.18. The van der Waals surface area contributed by atoms with Gasteiger partial charge in [-0.05, 0) is 70.2 Å². The molecule has 0 aromatic heterocycles. The maximum Gasteiger partial charge on any atom is 0.270 e. The molecule has 0 saturated carbocycles. The van der Waals surface area contributed by atoms with Gasteiger partial charge in [0.15, 0.2) is 5.60 Å². The molecule has 0 fully saturated rings. The third-order valence-corrected chi connectivity index (χ3v) is 5.41. The van der Waals surface area contributed by atoms with E-state index >= 15 is 0 Å². The molecule has 2 aromatic rings. The molecular weight excluding hydrogens is 402 g/mol. The molecular formula is C23H28ClN3O3. The van der Waals surface area contributed by atoms with Crippen LogP contribution in [0.15, 0.2) is 42.5 Å². The van der Waals surface area contributed by atoms with Crippen LogP contribution in [-0.4, -0.2) is 37.0 Å². The van der Waals surface area contributed by atoms with Gasteiger partial charge >= 0.3 is 0 Å². The number of fused-ring (bicyclic) bond motifs is 1. The van der Waals surface area contributed by atoms with E-state index < -0.39 is 5.60 Å². The summed E-state index contributed by atoms with van der Waals surface area (Å²) in [6.45, 7) is 9.75. The van der Waals surface area contributed by atoms with Gasteiger partial charge in [-0.3, -0.25) is 9.59 Å². The van der Waals surface area contributed by atoms with Crippen LogP contribution in [0, 0.1) is 0 Å². The highest BCUT2D eigenvalue weighted by atomic mass is 35.5. The number of carbonyl (C=O) groups excluding carboxylic acids is 2. The number of halogens is 1. The highest BCUT2D eigenvalue weighted by Gasteiger charge is 2.40. The van der Waals surface area contributed by atoms with E-state index in [2.05, 4.69) is 24.1 Å². The Morgan fingerprint density at radius 1 is 1.13 bits per heavy atom. The first-order valence-electron chi connectivity index (χ1n) is 10.2. The number of anilines is 3. The molecule has 1 N–H and O–H groups in total. The zero-order valence-electron chi connectivity index (χ0n) is 17.9. The van der Waals surface area contributed by atoms with Crippen molar-refractivity contribution in [3.63, 3.8) is 0 Å². The average Bonchev–Trinajstić information content (AvgIpc) is 2.71. The summed E-state index contributed by atoms with van der Waals surface area (Å²) in [6, 6.07) is 12.9. The molecule has 7 heteroatoms. The molecule has 2 amide bonds. The molecule has 160 valence electrons. The van der Waals surface area contributed by atoms with E-state index in [-0.39, 0.29) is 24.8 Å². The summed E-state index contributed by atoms with van der Waals surface area (Å²) < 4.78 is 5.81. The molecule has 1 heterocycles. The Morgan fingerprint density at radius 3 is 2.43 bits per heavy atom. The molecule has 0 unspecified atom stereocenters. The van der Waals surface area contributed by atoms with E-state index in [1.807, 2.05) is 24.3 Å². The summed E-state index contributed by atoms with van der Waals surface area (Å²) in [5.41, 5.74) is 1.43. The van der Waals surface area contributed by atoms with Gasteiger partial charge in [-0.25, -0.2) is 0 Å². The molecule has 0 aliphatic carbocycles. The van der Waals surface area contributed by atoms with E-state index in [0.29, 0.717) is 16.5 Å². The fourth-order valence-electron chi connectivity index (χ4n) is 3.54. The summed E-state index contributed by atoms with van der Waals surface area (Å²) in [6.07, 6.45) is 0.158. The monoisotopic (exact) mass is 429 g/mol. The number of rotatable bonds is 7. The highest BCUT2D eigenvalue weighted by molar-refractivity contribution is 6.31. The lowest BCUT2D eigenvalue weighted by atomic mass is 10.0. The smallest absolute Gasteiger partial charge is 0.270 e. The van der Waals surface area contributed by atoms with Crippen molar-refractivity contribution in [1.82, 2.24) is 0 Å². The minimum absolute atomic E-state index is 0.158. The number of hydrogen-bond acceptors (Lipinski definition) is 4. The number of carbonyl (C=O) groups is 2. The van der Waals surface area contributed by atoms with Gasteiger partial charge in [0, 0.05) is 42.5 Å². The molecule has 2 aromatic carbocycles. The van der Waals surface area contributed by atoms with Gasteiger partial charge in [0.05, 0.1) is 5.69 Å². The zero-order valence-corrected chi connectivity index (χ0v) is 18.6. The Bertz CT molecular complexity index is 924. The largest absolute Gasteiger partial charge is 0.476 e. The minimum Gasteiger partial charge on any atom is -0.476 e. The van der Waals surface area contributed by atoms with Gasteiger partial charge in [-0.15, -0.1) is 0 Å². The molecule has 0 saturated heterocycles. The van der Waals surface area contributed by atoms with Gasteiger partial charge in [0.2, 0.25) is 5.91 Å². The van der Waals surface area contributed by atoms with Crippen molar-refractivity contribution in [2.45, 2.75) is 39.7 Å². The predicted octanol–water partition coefficient (Wildman–Crippen LogP) is 4.72. The first-order valence-corrected chi connectivity index (χ1v) is 10.6. The van der Waals surface area contributed by atoms with Crippen LogP contribution >= 0.6 is 11.6 Å². The quantitative estimate of drug-likeness (QED) is 0.691. The molecule has 6 nitrogen and oxygen atoms in total. The molecule has 1 aliphatic heterocycles. The molecule has 30 heavy (non-hydrogen) atoms. The molecule has 0 bridgehead atoms. The Labute approximate surface area is 182 Å². The number of nitrogens with zero attached hydrogens (tertiary/aromatic N) is 2. The Hall–Kier alpha value is -2.73. The van der Waals surface area contributed by atoms with E-state index in [0.717, 1.165) is 24.5 Å². The van der Waals surface area contributed by atoms with Crippen LogP contribution in [0.2, 0.25) is 5.02 Å². The third kappa shape index (κ3) is 4.70. The van der Waals surface area contributed by atoms with Crippen LogP contribution in [0.1, 0.15) is 34.1 Å². The number of hydrogen-bond donors (Lipinski definition) is 1. The lowest BCUT2D eigenvalue weighted by Gasteiger charge is -2.38. The standard InChI is InChI=1S/C23H28ClN3O3/c1-5-26(6-2)18-10-8-17(9-11-18)25-21(28)13-14-27-19-15-16(24)7-12-20(19)30-23(3,4)22(27)29/h7-12,15H,5-6,13-14H2,1-4H3,(H,25,28). The lowest BCUT2D eigenvalue weighted by molar-refractivity contribution is -0.132. The summed E-state index contributed by atoms with van der Waals surface area (Å²) in [7, 11) is 0. The molecule has 0 atom stereocenters. The van der Waals surface area contributed by atoms with Crippen molar-refractivity contribution in [3.8, 4) is 5.75 Å². The average molecular weight is 430 g/mol. The normalized spacial score (nSPS) is 14.7. The van der Waals surface area contributed by atoms with Crippen LogP contribution in [0.25, 0.3) is 0 Å². The Morgan fingerprint density at radius 2 is 1.80 bits per heavy atom. The van der Waals surface area contributed by atoms with Gasteiger partial charge in [-0.1, -0.05) is 11.6 Å². The van der Waals surface area contributed by atoms with E-state index in [9.17, 15) is 9.59 Å². The first-order chi connectivity index (χ1) is 14.2. The topological polar surface area (TPSA) is 61.9 Å². The van der Waals surface area contributed by atoms with Crippen LogP contribution in [-0.2, 0) is 9.59 Å². The van der Waals surface area contributed by atoms with Gasteiger partial charge < -0.3 is 19.9 Å². The summed E-state index contributed by atoms with van der Waals surface area (Å²) in [4.78, 5) is 29.2. The van der Waals surface area contributed by atoms with Crippen molar-refractivity contribution in [2.75, 3.05) is 34.8 Å². The SMILES string of the molecule is CCN(CC)c1ccc(NC(=O)CCN2C(=O)C(C)(C)Oc3ccc(Cl)cc32)cc1. The van der Waals surface area contributed by atoms with E-state index in [1.54, 1.807) is 36.9 Å². The minimum atomic E-state index is -1.00. The van der Waals surface area contributed by atoms with Crippen molar-refractivity contribution in [1.29, 1.82) is 0 Å². The summed E-state index contributed by atoms with van der Waals surface area (Å²) in [5, 5.41) is 3.41. The number of nitrogens with one attached hydrogen (secondary N) is 1. The molecule has 0 spiro atoms. The Kier molecular flexibility index (Phi) is 6.56. The highest BCUT2D eigenvalue weighted by Crippen LogP contribution is 2.39. The number of ether oxygens (including phenoxy) is 1. The van der Waals surface area contributed by atoms with Gasteiger partial charge in [-0.2, -0.15) is 0 Å². The summed E-state index contributed by atoms with van der Waals surface area (Å²) >= 11 is 6.11. The maximum atomic E-state index is 12.9. The fraction of sp³-hybridized carbons (Fsp3) is 0.391. The second-order valence-electron chi connectivity index (χ2n) is 7.70. The first kappa shape index (κ1) is 22.0. The van der Waals surface area contributed by atoms with Crippen molar-refractivity contribution in [3.05, 3.63) is 47.5 Å². The van der Waals surface area contributed by atoms with Crippen LogP contribution < -0.4 is 19.9 Å². The number of benzene rings is 2. The lowest BCUT2D eigenvalue weighted by Crippen LogP contribution is -2.53. The van der Waals surface area contributed by atoms with Crippen molar-refractivity contribution in [2.24, 2.45) is 0 Å². The van der Waals surface area contributed by atoms with Gasteiger partial charge in [0.25, 0.3) is 5.91 Å². The predicted molar refractivity (Wildman–Crippen MR) is 122 cm³/mol. The maximum absolute atomic E-state index is 12.9. The molecule has 1 aliphatic rings. The second-order valence-corrected chi connectivity index (χ2v) is 8.13. The number of amides is 2. The fourth-order valence-corrected chi connectivity index (χ4v) is 3.71. The molecule has 0 radical (unpaired) electrons. The van der Waals surface area contributed by atoms with Crippen molar-refractivity contribution < 1.29 is 14.3 Å². The van der Waals surface area contributed by atoms with Crippen LogP contribution in [0.3, 0.4) is 0 Å². The van der Waals surface area contributed by atoms with Crippen LogP contribution in [0.5, 0.6) is 5.75 Å². The van der Waals surface area contributed by atoms with E-state index in [1.165, 1.54) is 0 Å².